The molecule has 1 aromatic heterocycles. The number of benzene rings is 2. The third kappa shape index (κ3) is 5.21. The van der Waals surface area contributed by atoms with E-state index in [2.05, 4.69) is 15.5 Å². The average Bonchev–Trinajstić information content (AvgIpc) is 3.14. The van der Waals surface area contributed by atoms with Crippen LogP contribution in [0.15, 0.2) is 53.7 Å². The van der Waals surface area contributed by atoms with E-state index in [4.69, 9.17) is 16.3 Å². The molecule has 0 fully saturated rings. The van der Waals surface area contributed by atoms with Crippen LogP contribution in [0.1, 0.15) is 13.3 Å². The normalized spacial score (nSPS) is 15.7. The van der Waals surface area contributed by atoms with E-state index in [1.807, 2.05) is 41.8 Å². The monoisotopic (exact) mass is 485 g/mol. The Kier molecular flexibility index (Phi) is 7.32. The minimum absolute atomic E-state index is 0.106. The van der Waals surface area contributed by atoms with Gasteiger partial charge >= 0.3 is 0 Å². The molecule has 1 N–H and O–H groups in total. The predicted octanol–water partition coefficient (Wildman–Crippen LogP) is 4.10. The predicted molar refractivity (Wildman–Crippen MR) is 130 cm³/mol. The molecule has 4 rings (SSSR count). The number of fused-ring (bicyclic) bond motifs is 1. The smallest absolute Gasteiger partial charge is 0.237 e. The van der Waals surface area contributed by atoms with E-state index in [9.17, 15) is 9.59 Å². The summed E-state index contributed by atoms with van der Waals surface area (Å²) in [6, 6.07) is 14.5. The van der Waals surface area contributed by atoms with Crippen LogP contribution in [0.4, 0.5) is 11.4 Å². The highest BCUT2D eigenvalue weighted by Crippen LogP contribution is 2.32. The fourth-order valence-electron chi connectivity index (χ4n) is 3.76. The number of thioether (sulfide) groups is 1. The summed E-state index contributed by atoms with van der Waals surface area (Å²) in [7, 11) is 1.64. The molecule has 0 saturated carbocycles. The van der Waals surface area contributed by atoms with E-state index in [0.717, 1.165) is 5.56 Å². The van der Waals surface area contributed by atoms with Crippen LogP contribution >= 0.6 is 23.4 Å². The number of para-hydroxylation sites is 2. The molecular weight excluding hydrogens is 462 g/mol. The maximum absolute atomic E-state index is 13.3. The summed E-state index contributed by atoms with van der Waals surface area (Å²) in [5.74, 6) is 0.621. The summed E-state index contributed by atoms with van der Waals surface area (Å²) in [5.41, 5.74) is 2.21. The number of carbonyl (C=O) groups is 2. The van der Waals surface area contributed by atoms with E-state index in [1.54, 1.807) is 30.2 Å². The van der Waals surface area contributed by atoms with Crippen LogP contribution in [0.25, 0.3) is 11.4 Å². The molecule has 2 heterocycles. The number of hydrogen-bond donors (Lipinski definition) is 1. The molecule has 0 radical (unpaired) electrons. The van der Waals surface area contributed by atoms with Crippen LogP contribution < -0.4 is 10.2 Å². The van der Waals surface area contributed by atoms with Crippen LogP contribution in [-0.4, -0.2) is 52.1 Å². The van der Waals surface area contributed by atoms with Gasteiger partial charge in [-0.2, -0.15) is 0 Å². The Bertz CT molecular complexity index is 1150. The van der Waals surface area contributed by atoms with Crippen molar-refractivity contribution in [1.29, 1.82) is 0 Å². The van der Waals surface area contributed by atoms with Crippen molar-refractivity contribution in [3.05, 3.63) is 53.6 Å². The van der Waals surface area contributed by atoms with E-state index in [0.29, 0.717) is 40.5 Å². The van der Waals surface area contributed by atoms with Gasteiger partial charge in [-0.1, -0.05) is 35.5 Å². The Morgan fingerprint density at radius 1 is 1.21 bits per heavy atom. The lowest BCUT2D eigenvalue weighted by atomic mass is 10.2. The van der Waals surface area contributed by atoms with Gasteiger partial charge in [-0.05, 0) is 43.3 Å². The second kappa shape index (κ2) is 10.4. The Labute approximate surface area is 201 Å². The number of nitrogens with one attached hydrogen (secondary N) is 1. The molecule has 8 nitrogen and oxygen atoms in total. The molecule has 0 unspecified atom stereocenters. The van der Waals surface area contributed by atoms with Crippen molar-refractivity contribution in [2.75, 3.05) is 29.7 Å². The van der Waals surface area contributed by atoms with Crippen molar-refractivity contribution in [2.24, 2.45) is 0 Å². The zero-order valence-electron chi connectivity index (χ0n) is 18.3. The van der Waals surface area contributed by atoms with Gasteiger partial charge < -0.3 is 15.0 Å². The van der Waals surface area contributed by atoms with Crippen LogP contribution in [0, 0.1) is 0 Å². The molecule has 172 valence electrons. The van der Waals surface area contributed by atoms with Gasteiger partial charge in [0.2, 0.25) is 11.8 Å². The molecular formula is C23H24ClN5O3S. The standard InChI is InChI=1S/C23H24ClN5O3S/c1-15-13-20(30)25-18-5-3-4-6-19(18)29(15)21(31)14-33-23-27-26-22(28(23)11-12-32-2)16-7-9-17(24)10-8-16/h3-10,15H,11-14H2,1-2H3,(H,25,30)/t15-/m1/s1. The molecule has 0 aliphatic carbocycles. The summed E-state index contributed by atoms with van der Waals surface area (Å²) in [5, 5.41) is 12.8. The first-order chi connectivity index (χ1) is 16.0. The molecule has 1 aliphatic rings. The second-order valence-corrected chi connectivity index (χ2v) is 9.01. The second-order valence-electron chi connectivity index (χ2n) is 7.63. The van der Waals surface area contributed by atoms with Gasteiger partial charge in [0.15, 0.2) is 11.0 Å². The SMILES string of the molecule is COCCn1c(SCC(=O)N2c3ccccc3NC(=O)C[C@H]2C)nnc1-c1ccc(Cl)cc1. The van der Waals surface area contributed by atoms with Gasteiger partial charge in [0.25, 0.3) is 0 Å². The third-order valence-corrected chi connectivity index (χ3v) is 6.49. The summed E-state index contributed by atoms with van der Waals surface area (Å²) >= 11 is 7.33. The highest BCUT2D eigenvalue weighted by atomic mass is 35.5. The van der Waals surface area contributed by atoms with Gasteiger partial charge in [0, 0.05) is 30.2 Å². The Morgan fingerprint density at radius 2 is 1.97 bits per heavy atom. The minimum Gasteiger partial charge on any atom is -0.383 e. The number of rotatable bonds is 7. The average molecular weight is 486 g/mol. The van der Waals surface area contributed by atoms with Crippen LogP contribution in [-0.2, 0) is 20.9 Å². The maximum atomic E-state index is 13.3. The first-order valence-corrected chi connectivity index (χ1v) is 11.9. The molecule has 1 atom stereocenters. The number of methoxy groups -OCH3 is 1. The number of nitrogens with zero attached hydrogens (tertiary/aromatic N) is 4. The fourth-order valence-corrected chi connectivity index (χ4v) is 4.71. The highest BCUT2D eigenvalue weighted by Gasteiger charge is 2.30. The minimum atomic E-state index is -0.266. The van der Waals surface area contributed by atoms with E-state index >= 15 is 0 Å². The number of ether oxygens (including phenoxy) is 1. The van der Waals surface area contributed by atoms with Gasteiger partial charge in [0.05, 0.1) is 30.3 Å². The molecule has 33 heavy (non-hydrogen) atoms. The maximum Gasteiger partial charge on any atom is 0.237 e. The number of halogens is 1. The van der Waals surface area contributed by atoms with Crippen molar-refractivity contribution in [3.8, 4) is 11.4 Å². The lowest BCUT2D eigenvalue weighted by Gasteiger charge is -2.27. The topological polar surface area (TPSA) is 89.4 Å². The van der Waals surface area contributed by atoms with E-state index in [-0.39, 0.29) is 30.0 Å². The Morgan fingerprint density at radius 3 is 2.73 bits per heavy atom. The number of amides is 2. The third-order valence-electron chi connectivity index (χ3n) is 5.29. The quantitative estimate of drug-likeness (QED) is 0.507. The molecule has 10 heteroatoms. The van der Waals surface area contributed by atoms with Gasteiger partial charge in [-0.25, -0.2) is 0 Å². The molecule has 1 aliphatic heterocycles. The number of anilines is 2. The van der Waals surface area contributed by atoms with Gasteiger partial charge in [0.1, 0.15) is 0 Å². The van der Waals surface area contributed by atoms with Crippen LogP contribution in [0.2, 0.25) is 5.02 Å². The van der Waals surface area contributed by atoms with Gasteiger partial charge in [-0.3, -0.25) is 14.2 Å². The largest absolute Gasteiger partial charge is 0.383 e. The highest BCUT2D eigenvalue weighted by molar-refractivity contribution is 7.99. The molecule has 0 bridgehead atoms. The number of hydrogen-bond acceptors (Lipinski definition) is 6. The first kappa shape index (κ1) is 23.3. The lowest BCUT2D eigenvalue weighted by Crippen LogP contribution is -2.40. The first-order valence-electron chi connectivity index (χ1n) is 10.5. The van der Waals surface area contributed by atoms with E-state index in [1.165, 1.54) is 11.8 Å². The van der Waals surface area contributed by atoms with Gasteiger partial charge in [-0.15, -0.1) is 10.2 Å². The summed E-state index contributed by atoms with van der Waals surface area (Å²) in [6.07, 6.45) is 0.232. The Hall–Kier alpha value is -2.88. The van der Waals surface area contributed by atoms with Crippen LogP contribution in [0.5, 0.6) is 0 Å². The number of aromatic nitrogens is 3. The van der Waals surface area contributed by atoms with Crippen molar-refractivity contribution < 1.29 is 14.3 Å². The Balaban J connectivity index is 1.57. The summed E-state index contributed by atoms with van der Waals surface area (Å²) in [4.78, 5) is 27.2. The molecule has 2 aromatic carbocycles. The number of carbonyl (C=O) groups excluding carboxylic acids is 2. The zero-order valence-corrected chi connectivity index (χ0v) is 19.9. The molecule has 0 saturated heterocycles. The summed E-state index contributed by atoms with van der Waals surface area (Å²) < 4.78 is 7.20. The summed E-state index contributed by atoms with van der Waals surface area (Å²) in [6.45, 7) is 2.90. The van der Waals surface area contributed by atoms with E-state index < -0.39 is 0 Å². The van der Waals surface area contributed by atoms with Crippen molar-refractivity contribution in [3.63, 3.8) is 0 Å². The van der Waals surface area contributed by atoms with Crippen molar-refractivity contribution in [2.45, 2.75) is 31.1 Å². The van der Waals surface area contributed by atoms with Crippen molar-refractivity contribution in [1.82, 2.24) is 14.8 Å². The molecule has 0 spiro atoms. The molecule has 2 amide bonds. The molecule has 3 aromatic rings. The fraction of sp³-hybridized carbons (Fsp3) is 0.304. The lowest BCUT2D eigenvalue weighted by molar-refractivity contribution is -0.117. The van der Waals surface area contributed by atoms with Crippen LogP contribution in [0.3, 0.4) is 0 Å². The van der Waals surface area contributed by atoms with Crippen molar-refractivity contribution >= 4 is 46.6 Å². The zero-order chi connectivity index (χ0) is 23.4.